The Morgan fingerprint density at radius 1 is 1.00 bits per heavy atom. The van der Waals surface area contributed by atoms with Crippen LogP contribution in [0.5, 0.6) is 0 Å². The molecular formula is C25H35N7O2. The van der Waals surface area contributed by atoms with E-state index in [2.05, 4.69) is 32.4 Å². The second kappa shape index (κ2) is 10.5. The zero-order valence-corrected chi connectivity index (χ0v) is 20.7. The second-order valence-corrected chi connectivity index (χ2v) is 9.27. The van der Waals surface area contributed by atoms with E-state index in [1.807, 2.05) is 45.0 Å². The fraction of sp³-hybridized carbons (Fsp3) is 0.520. The summed E-state index contributed by atoms with van der Waals surface area (Å²) in [6, 6.07) is 8.05. The normalized spacial score (nSPS) is 15.2. The van der Waals surface area contributed by atoms with Crippen LogP contribution < -0.4 is 10.9 Å². The van der Waals surface area contributed by atoms with Gasteiger partial charge in [-0.1, -0.05) is 17.7 Å². The number of hydrogen-bond acceptors (Lipinski definition) is 6. The maximum Gasteiger partial charge on any atom is 0.295 e. The summed E-state index contributed by atoms with van der Waals surface area (Å²) in [5, 5.41) is 12.9. The lowest BCUT2D eigenvalue weighted by Crippen LogP contribution is -2.46. The Morgan fingerprint density at radius 3 is 2.41 bits per heavy atom. The molecule has 0 saturated carbocycles. The first-order valence-corrected chi connectivity index (χ1v) is 12.0. The molecule has 3 heterocycles. The SMILES string of the molecule is Cc1ccc(-n2nc3c(=O)n(CCCC(=O)NCCN4CCN(C)CC4)nc(C)c3c2C)cc1. The van der Waals surface area contributed by atoms with Gasteiger partial charge in [0.05, 0.1) is 22.5 Å². The number of aromatic nitrogens is 4. The number of nitrogens with one attached hydrogen (secondary N) is 1. The minimum atomic E-state index is -0.218. The maximum atomic E-state index is 13.1. The van der Waals surface area contributed by atoms with Gasteiger partial charge < -0.3 is 10.2 Å². The third kappa shape index (κ3) is 5.37. The Bertz CT molecular complexity index is 1200. The number of aryl methyl sites for hydroxylation is 4. The number of nitrogens with zero attached hydrogens (tertiary/aromatic N) is 6. The van der Waals surface area contributed by atoms with E-state index in [0.717, 1.165) is 55.2 Å². The van der Waals surface area contributed by atoms with E-state index in [9.17, 15) is 9.59 Å². The minimum Gasteiger partial charge on any atom is -0.355 e. The molecule has 3 aromatic rings. The molecule has 0 atom stereocenters. The Labute approximate surface area is 200 Å². The zero-order chi connectivity index (χ0) is 24.2. The van der Waals surface area contributed by atoms with Crippen LogP contribution in [0.25, 0.3) is 16.6 Å². The van der Waals surface area contributed by atoms with Gasteiger partial charge in [-0.25, -0.2) is 9.36 Å². The highest BCUT2D eigenvalue weighted by Gasteiger charge is 2.18. The van der Waals surface area contributed by atoms with Gasteiger partial charge in [0, 0.05) is 52.2 Å². The number of carbonyl (C=O) groups excluding carboxylic acids is 1. The largest absolute Gasteiger partial charge is 0.355 e. The molecule has 182 valence electrons. The van der Waals surface area contributed by atoms with Crippen LogP contribution in [-0.4, -0.2) is 81.6 Å². The second-order valence-electron chi connectivity index (χ2n) is 9.27. The molecule has 0 bridgehead atoms. The van der Waals surface area contributed by atoms with Crippen molar-refractivity contribution in [2.24, 2.45) is 0 Å². The smallest absolute Gasteiger partial charge is 0.295 e. The van der Waals surface area contributed by atoms with Crippen molar-refractivity contribution in [1.29, 1.82) is 0 Å². The van der Waals surface area contributed by atoms with Gasteiger partial charge in [0.15, 0.2) is 5.52 Å². The van der Waals surface area contributed by atoms with E-state index in [-0.39, 0.29) is 11.5 Å². The number of carbonyl (C=O) groups is 1. The van der Waals surface area contributed by atoms with E-state index in [1.54, 1.807) is 4.68 Å². The lowest BCUT2D eigenvalue weighted by Gasteiger charge is -2.32. The van der Waals surface area contributed by atoms with Crippen LogP contribution in [0.2, 0.25) is 0 Å². The molecule has 1 aliphatic rings. The van der Waals surface area contributed by atoms with Crippen molar-refractivity contribution in [3.05, 3.63) is 51.6 Å². The maximum absolute atomic E-state index is 13.1. The van der Waals surface area contributed by atoms with E-state index < -0.39 is 0 Å². The van der Waals surface area contributed by atoms with Crippen molar-refractivity contribution in [2.45, 2.75) is 40.2 Å². The molecule has 0 aliphatic carbocycles. The number of benzene rings is 1. The van der Waals surface area contributed by atoms with Crippen LogP contribution >= 0.6 is 0 Å². The predicted molar refractivity (Wildman–Crippen MR) is 134 cm³/mol. The molecule has 1 aromatic carbocycles. The van der Waals surface area contributed by atoms with Gasteiger partial charge >= 0.3 is 0 Å². The number of hydrogen-bond donors (Lipinski definition) is 1. The van der Waals surface area contributed by atoms with Gasteiger partial charge in [-0.05, 0) is 46.4 Å². The van der Waals surface area contributed by atoms with Crippen LogP contribution in [0.1, 0.15) is 29.8 Å². The van der Waals surface area contributed by atoms with Gasteiger partial charge in [0.2, 0.25) is 5.91 Å². The van der Waals surface area contributed by atoms with Gasteiger partial charge in [-0.3, -0.25) is 14.5 Å². The Hall–Kier alpha value is -3.04. The van der Waals surface area contributed by atoms with E-state index in [4.69, 9.17) is 0 Å². The molecule has 0 unspecified atom stereocenters. The van der Waals surface area contributed by atoms with E-state index >= 15 is 0 Å². The number of amides is 1. The van der Waals surface area contributed by atoms with Crippen molar-refractivity contribution in [1.82, 2.24) is 34.7 Å². The van der Waals surface area contributed by atoms with Crippen LogP contribution in [0.15, 0.2) is 29.1 Å². The fourth-order valence-corrected chi connectivity index (χ4v) is 4.48. The molecular weight excluding hydrogens is 430 g/mol. The predicted octanol–water partition coefficient (Wildman–Crippen LogP) is 1.65. The van der Waals surface area contributed by atoms with Gasteiger partial charge in [-0.2, -0.15) is 10.2 Å². The summed E-state index contributed by atoms with van der Waals surface area (Å²) in [6.45, 7) is 12.0. The van der Waals surface area contributed by atoms with Gasteiger partial charge in [0.1, 0.15) is 0 Å². The van der Waals surface area contributed by atoms with Crippen molar-refractivity contribution in [3.8, 4) is 5.69 Å². The molecule has 1 fully saturated rings. The molecule has 1 amide bonds. The summed E-state index contributed by atoms with van der Waals surface area (Å²) in [5.74, 6) is 0.0134. The molecule has 1 N–H and O–H groups in total. The minimum absolute atomic E-state index is 0.0134. The third-order valence-corrected chi connectivity index (χ3v) is 6.58. The summed E-state index contributed by atoms with van der Waals surface area (Å²) in [7, 11) is 2.13. The number of piperazine rings is 1. The average molecular weight is 466 g/mol. The molecule has 2 aromatic heterocycles. The molecule has 1 saturated heterocycles. The van der Waals surface area contributed by atoms with Crippen LogP contribution in [0.3, 0.4) is 0 Å². The molecule has 9 nitrogen and oxygen atoms in total. The van der Waals surface area contributed by atoms with Crippen molar-refractivity contribution >= 4 is 16.8 Å². The lowest BCUT2D eigenvalue weighted by molar-refractivity contribution is -0.121. The molecule has 34 heavy (non-hydrogen) atoms. The lowest BCUT2D eigenvalue weighted by atomic mass is 10.2. The molecule has 4 rings (SSSR count). The van der Waals surface area contributed by atoms with Gasteiger partial charge in [-0.15, -0.1) is 0 Å². The number of rotatable bonds is 8. The highest BCUT2D eigenvalue weighted by atomic mass is 16.1. The topological polar surface area (TPSA) is 88.3 Å². The van der Waals surface area contributed by atoms with Crippen molar-refractivity contribution in [3.63, 3.8) is 0 Å². The van der Waals surface area contributed by atoms with Gasteiger partial charge in [0.25, 0.3) is 5.56 Å². The van der Waals surface area contributed by atoms with Crippen LogP contribution in [-0.2, 0) is 11.3 Å². The average Bonchev–Trinajstić information content (AvgIpc) is 3.17. The molecule has 9 heteroatoms. The summed E-state index contributed by atoms with van der Waals surface area (Å²) in [6.07, 6.45) is 0.917. The first-order chi connectivity index (χ1) is 16.3. The van der Waals surface area contributed by atoms with Crippen molar-refractivity contribution in [2.75, 3.05) is 46.3 Å². The highest BCUT2D eigenvalue weighted by Crippen LogP contribution is 2.21. The van der Waals surface area contributed by atoms with Crippen LogP contribution in [0, 0.1) is 20.8 Å². The summed E-state index contributed by atoms with van der Waals surface area (Å²) in [4.78, 5) is 30.0. The third-order valence-electron chi connectivity index (χ3n) is 6.58. The summed E-state index contributed by atoms with van der Waals surface area (Å²) < 4.78 is 3.25. The highest BCUT2D eigenvalue weighted by molar-refractivity contribution is 5.83. The number of fused-ring (bicyclic) bond motifs is 1. The van der Waals surface area contributed by atoms with E-state index in [1.165, 1.54) is 10.2 Å². The standard InChI is InChI=1S/C25H35N7O2/c1-18-7-9-21(10-8-18)32-20(3)23-19(2)27-31(25(34)24(23)28-32)12-5-6-22(33)26-11-13-30-16-14-29(4)15-17-30/h7-10H,5-6,11-17H2,1-4H3,(H,26,33). The monoisotopic (exact) mass is 465 g/mol. The van der Waals surface area contributed by atoms with E-state index in [0.29, 0.717) is 31.4 Å². The summed E-state index contributed by atoms with van der Waals surface area (Å²) in [5.41, 5.74) is 3.95. The number of likely N-dealkylation sites (N-methyl/N-ethyl adjacent to an activating group) is 1. The van der Waals surface area contributed by atoms with Crippen LogP contribution in [0.4, 0.5) is 0 Å². The molecule has 0 spiro atoms. The zero-order valence-electron chi connectivity index (χ0n) is 20.7. The summed E-state index contributed by atoms with van der Waals surface area (Å²) >= 11 is 0. The molecule has 0 radical (unpaired) electrons. The first kappa shape index (κ1) is 24.1. The Balaban J connectivity index is 1.36. The Kier molecular flexibility index (Phi) is 7.43. The Morgan fingerprint density at radius 2 is 1.71 bits per heavy atom. The first-order valence-electron chi connectivity index (χ1n) is 12.0. The quantitative estimate of drug-likeness (QED) is 0.544. The molecule has 1 aliphatic heterocycles. The fourth-order valence-electron chi connectivity index (χ4n) is 4.48. The van der Waals surface area contributed by atoms with Crippen molar-refractivity contribution < 1.29 is 4.79 Å².